The van der Waals surface area contributed by atoms with Crippen LogP contribution in [0.25, 0.3) is 0 Å². The van der Waals surface area contributed by atoms with Gasteiger partial charge in [-0.2, -0.15) is 0 Å². The van der Waals surface area contributed by atoms with Crippen LogP contribution in [-0.4, -0.2) is 54.0 Å². The van der Waals surface area contributed by atoms with Crippen LogP contribution in [0.15, 0.2) is 18.2 Å². The van der Waals surface area contributed by atoms with Crippen LogP contribution in [0.4, 0.5) is 19.3 Å². The van der Waals surface area contributed by atoms with E-state index in [0.717, 1.165) is 12.5 Å². The first-order chi connectivity index (χ1) is 14.3. The molecule has 4 fully saturated rings. The Bertz CT molecular complexity index is 956. The molecule has 2 saturated heterocycles. The highest BCUT2D eigenvalue weighted by Crippen LogP contribution is 2.61. The summed E-state index contributed by atoms with van der Waals surface area (Å²) in [6.07, 6.45) is 2.57. The van der Waals surface area contributed by atoms with Gasteiger partial charge in [0.2, 0.25) is 5.91 Å². The van der Waals surface area contributed by atoms with Crippen LogP contribution in [0.5, 0.6) is 0 Å². The summed E-state index contributed by atoms with van der Waals surface area (Å²) in [7, 11) is 0. The van der Waals surface area contributed by atoms with Crippen molar-refractivity contribution < 1.29 is 23.2 Å². The van der Waals surface area contributed by atoms with E-state index in [1.54, 1.807) is 4.90 Å². The van der Waals surface area contributed by atoms with Crippen LogP contribution in [0.1, 0.15) is 32.6 Å². The fraction of sp³-hybridized carbons (Fsp3) is 0.571. The molecular weight excluding hydrogens is 394 g/mol. The Balaban J connectivity index is 1.38. The lowest BCUT2D eigenvalue weighted by atomic mass is 9.67. The standard InChI is InChI=1S/C21H24F2N4O3/c1-12-11-26(6-7-27(12)14-2-3-15(22)16(23)8-14)18(29)20-5-4-13(9-20)10-21(20)17(28)24-19(30)25-21/h2-3,8,12-13H,4-7,9-11H2,1H3,(H2,24,25,28,30)/t12-,13?,20?,21?/m0/s1. The molecule has 1 aromatic rings. The van der Waals surface area contributed by atoms with Crippen LogP contribution in [0, 0.1) is 23.0 Å². The van der Waals surface area contributed by atoms with Crippen LogP contribution in [0.2, 0.25) is 0 Å². The topological polar surface area (TPSA) is 81.8 Å². The zero-order valence-electron chi connectivity index (χ0n) is 16.7. The predicted molar refractivity (Wildman–Crippen MR) is 104 cm³/mol. The molecule has 2 bridgehead atoms. The lowest BCUT2D eigenvalue weighted by molar-refractivity contribution is -0.151. The molecule has 5 rings (SSSR count). The first kappa shape index (κ1) is 19.3. The Morgan fingerprint density at radius 2 is 1.97 bits per heavy atom. The second-order valence-electron chi connectivity index (χ2n) is 9.10. The largest absolute Gasteiger partial charge is 0.365 e. The van der Waals surface area contributed by atoms with E-state index in [9.17, 15) is 23.2 Å². The van der Waals surface area contributed by atoms with Crippen molar-refractivity contribution in [3.63, 3.8) is 0 Å². The molecule has 4 amide bonds. The molecule has 3 unspecified atom stereocenters. The van der Waals surface area contributed by atoms with Gasteiger partial charge in [-0.3, -0.25) is 14.9 Å². The number of rotatable bonds is 2. The maximum absolute atomic E-state index is 13.7. The Morgan fingerprint density at radius 1 is 1.17 bits per heavy atom. The van der Waals surface area contributed by atoms with Crippen molar-refractivity contribution in [2.75, 3.05) is 24.5 Å². The Morgan fingerprint density at radius 3 is 2.60 bits per heavy atom. The van der Waals surface area contributed by atoms with Crippen molar-refractivity contribution in [3.05, 3.63) is 29.8 Å². The number of nitrogens with zero attached hydrogens (tertiary/aromatic N) is 2. The Hall–Kier alpha value is -2.71. The summed E-state index contributed by atoms with van der Waals surface area (Å²) in [5.74, 6) is -2.02. The summed E-state index contributed by atoms with van der Waals surface area (Å²) in [5.41, 5.74) is -1.48. The van der Waals surface area contributed by atoms with E-state index in [2.05, 4.69) is 10.6 Å². The molecule has 0 aromatic heterocycles. The highest BCUT2D eigenvalue weighted by Gasteiger charge is 2.72. The van der Waals surface area contributed by atoms with Gasteiger partial charge in [0.1, 0.15) is 5.54 Å². The molecule has 1 spiro atoms. The molecule has 160 valence electrons. The van der Waals surface area contributed by atoms with Crippen molar-refractivity contribution in [1.82, 2.24) is 15.5 Å². The number of benzene rings is 1. The summed E-state index contributed by atoms with van der Waals surface area (Å²) < 4.78 is 27.0. The fourth-order valence-corrected chi connectivity index (χ4v) is 6.18. The maximum Gasteiger partial charge on any atom is 0.322 e. The van der Waals surface area contributed by atoms with E-state index in [4.69, 9.17) is 0 Å². The number of piperazine rings is 1. The number of urea groups is 1. The van der Waals surface area contributed by atoms with E-state index in [1.165, 1.54) is 12.1 Å². The molecule has 2 heterocycles. The van der Waals surface area contributed by atoms with Crippen molar-refractivity contribution >= 4 is 23.5 Å². The average Bonchev–Trinajstić information content (AvgIpc) is 3.35. The normalized spacial score (nSPS) is 35.2. The number of amides is 4. The summed E-state index contributed by atoms with van der Waals surface area (Å²) in [5, 5.41) is 5.12. The second-order valence-corrected chi connectivity index (χ2v) is 9.10. The molecule has 2 saturated carbocycles. The fourth-order valence-electron chi connectivity index (χ4n) is 6.18. The minimum absolute atomic E-state index is 0.0864. The third-order valence-electron chi connectivity index (χ3n) is 7.53. The molecule has 2 N–H and O–H groups in total. The molecule has 4 aliphatic rings. The summed E-state index contributed by atoms with van der Waals surface area (Å²) in [6.45, 7) is 3.24. The van der Waals surface area contributed by atoms with Crippen molar-refractivity contribution in [2.24, 2.45) is 11.3 Å². The highest BCUT2D eigenvalue weighted by atomic mass is 19.2. The lowest BCUT2D eigenvalue weighted by Crippen LogP contribution is -2.65. The SMILES string of the molecule is C[C@H]1CN(C(=O)C23CCC(C2)CC32NC(=O)NC2=O)CCN1c1ccc(F)c(F)c1. The van der Waals surface area contributed by atoms with Gasteiger partial charge in [0.15, 0.2) is 11.6 Å². The van der Waals surface area contributed by atoms with Gasteiger partial charge in [-0.1, -0.05) is 0 Å². The van der Waals surface area contributed by atoms with Crippen LogP contribution < -0.4 is 15.5 Å². The molecule has 2 aliphatic heterocycles. The molecule has 9 heteroatoms. The van der Waals surface area contributed by atoms with Gasteiger partial charge >= 0.3 is 6.03 Å². The smallest absolute Gasteiger partial charge is 0.322 e. The summed E-state index contributed by atoms with van der Waals surface area (Å²) >= 11 is 0. The number of fused-ring (bicyclic) bond motifs is 3. The van der Waals surface area contributed by atoms with E-state index in [1.807, 2.05) is 11.8 Å². The minimum atomic E-state index is -1.15. The number of carbonyl (C=O) groups excluding carboxylic acids is 3. The summed E-state index contributed by atoms with van der Waals surface area (Å²) in [6, 6.07) is 3.18. The predicted octanol–water partition coefficient (Wildman–Crippen LogP) is 1.77. The lowest BCUT2D eigenvalue weighted by Gasteiger charge is -2.47. The van der Waals surface area contributed by atoms with Gasteiger partial charge in [0.25, 0.3) is 5.91 Å². The van der Waals surface area contributed by atoms with Gasteiger partial charge in [-0.05, 0) is 50.7 Å². The number of halogens is 2. The first-order valence-electron chi connectivity index (χ1n) is 10.4. The van der Waals surface area contributed by atoms with Crippen LogP contribution in [-0.2, 0) is 9.59 Å². The zero-order chi connectivity index (χ0) is 21.3. The Labute approximate surface area is 172 Å². The number of imide groups is 1. The minimum Gasteiger partial charge on any atom is -0.365 e. The molecule has 4 atom stereocenters. The van der Waals surface area contributed by atoms with Crippen LogP contribution >= 0.6 is 0 Å². The van der Waals surface area contributed by atoms with Gasteiger partial charge in [0.05, 0.1) is 5.41 Å². The molecule has 2 aliphatic carbocycles. The van der Waals surface area contributed by atoms with Gasteiger partial charge < -0.3 is 15.1 Å². The monoisotopic (exact) mass is 418 g/mol. The maximum atomic E-state index is 13.7. The van der Waals surface area contributed by atoms with E-state index in [0.29, 0.717) is 44.6 Å². The first-order valence-corrected chi connectivity index (χ1v) is 10.4. The van der Waals surface area contributed by atoms with Crippen LogP contribution in [0.3, 0.4) is 0 Å². The quantitative estimate of drug-likeness (QED) is 0.718. The molecule has 30 heavy (non-hydrogen) atoms. The number of hydrogen-bond acceptors (Lipinski definition) is 4. The number of anilines is 1. The zero-order valence-corrected chi connectivity index (χ0v) is 16.7. The van der Waals surface area contributed by atoms with Gasteiger partial charge in [0, 0.05) is 37.4 Å². The highest BCUT2D eigenvalue weighted by molar-refractivity contribution is 6.11. The molecule has 0 radical (unpaired) electrons. The van der Waals surface area contributed by atoms with E-state index in [-0.39, 0.29) is 17.9 Å². The molecular formula is C21H24F2N4O3. The number of carbonyl (C=O) groups is 3. The Kier molecular flexibility index (Phi) is 4.10. The van der Waals surface area contributed by atoms with Gasteiger partial charge in [-0.15, -0.1) is 0 Å². The van der Waals surface area contributed by atoms with Crippen molar-refractivity contribution in [1.29, 1.82) is 0 Å². The van der Waals surface area contributed by atoms with E-state index < -0.39 is 34.5 Å². The van der Waals surface area contributed by atoms with Crippen molar-refractivity contribution in [3.8, 4) is 0 Å². The third-order valence-corrected chi connectivity index (χ3v) is 7.53. The molecule has 1 aromatic carbocycles. The van der Waals surface area contributed by atoms with Gasteiger partial charge in [-0.25, -0.2) is 13.6 Å². The molecule has 7 nitrogen and oxygen atoms in total. The third kappa shape index (κ3) is 2.50. The number of nitrogens with one attached hydrogen (secondary N) is 2. The second kappa shape index (κ2) is 6.39. The van der Waals surface area contributed by atoms with Crippen molar-refractivity contribution in [2.45, 2.75) is 44.2 Å². The van der Waals surface area contributed by atoms with E-state index >= 15 is 0 Å². The summed E-state index contributed by atoms with van der Waals surface area (Å²) in [4.78, 5) is 42.1. The average molecular weight is 418 g/mol. The number of hydrogen-bond donors (Lipinski definition) is 2.